The van der Waals surface area contributed by atoms with E-state index >= 15 is 0 Å². The molecule has 0 saturated heterocycles. The maximum Gasteiger partial charge on any atom is 0.416 e. The molecule has 3 aromatic heterocycles. The molecule has 10 heteroatoms. The van der Waals surface area contributed by atoms with Crippen LogP contribution < -0.4 is 10.9 Å². The van der Waals surface area contributed by atoms with E-state index in [-0.39, 0.29) is 11.1 Å². The molecule has 1 N–H and O–H groups in total. The highest BCUT2D eigenvalue weighted by Crippen LogP contribution is 2.34. The lowest BCUT2D eigenvalue weighted by Crippen LogP contribution is -2.05. The lowest BCUT2D eigenvalue weighted by atomic mass is 10.1. The number of alkyl halides is 3. The van der Waals surface area contributed by atoms with Gasteiger partial charge in [-0.2, -0.15) is 17.6 Å². The number of hydrogen-bond acceptors (Lipinski definition) is 6. The Morgan fingerprint density at radius 3 is 2.61 bits per heavy atom. The van der Waals surface area contributed by atoms with Crippen molar-refractivity contribution in [3.8, 4) is 0 Å². The molecule has 0 fully saturated rings. The molecule has 0 unspecified atom stereocenters. The summed E-state index contributed by atoms with van der Waals surface area (Å²) in [6.07, 6.45) is -1.72. The molecule has 2 aromatic carbocycles. The van der Waals surface area contributed by atoms with E-state index in [1.54, 1.807) is 12.1 Å². The van der Waals surface area contributed by atoms with Crippen molar-refractivity contribution in [3.05, 3.63) is 76.2 Å². The van der Waals surface area contributed by atoms with Crippen LogP contribution in [0.4, 0.5) is 22.7 Å². The van der Waals surface area contributed by atoms with Crippen LogP contribution in [-0.4, -0.2) is 16.5 Å². The van der Waals surface area contributed by atoms with Gasteiger partial charge in [0.05, 0.1) is 10.3 Å². The number of pyridine rings is 1. The molecule has 5 aromatic rings. The average Bonchev–Trinajstić information content (AvgIpc) is 3.22. The maximum atomic E-state index is 13.7. The number of nitrogens with one attached hydrogen (secondary N) is 1. The number of thiazole rings is 1. The van der Waals surface area contributed by atoms with Crippen LogP contribution in [0.2, 0.25) is 0 Å². The fourth-order valence-corrected chi connectivity index (χ4v) is 4.66. The third-order valence-corrected chi connectivity index (χ3v) is 6.33. The number of aromatic nitrogens is 2. The molecule has 168 valence electrons. The molecule has 33 heavy (non-hydrogen) atoms. The number of rotatable bonds is 5. The van der Waals surface area contributed by atoms with Crippen LogP contribution in [0.3, 0.4) is 0 Å². The first-order valence-corrected chi connectivity index (χ1v) is 10.8. The van der Waals surface area contributed by atoms with Gasteiger partial charge in [0.1, 0.15) is 5.58 Å². The monoisotopic (exact) mass is 473 g/mol. The zero-order chi connectivity index (χ0) is 23.2. The van der Waals surface area contributed by atoms with Crippen LogP contribution in [0.25, 0.3) is 32.0 Å². The Bertz CT molecular complexity index is 1540. The summed E-state index contributed by atoms with van der Waals surface area (Å²) in [7, 11) is 0. The number of nitrogens with zero attached hydrogens (tertiary/aromatic N) is 2. The lowest BCUT2D eigenvalue weighted by molar-refractivity contribution is -0.137. The summed E-state index contributed by atoms with van der Waals surface area (Å²) in [6, 6.07) is 9.89. The third kappa shape index (κ3) is 4.13. The van der Waals surface area contributed by atoms with Crippen molar-refractivity contribution in [2.75, 3.05) is 11.9 Å². The molecule has 0 saturated carbocycles. The van der Waals surface area contributed by atoms with E-state index in [1.807, 2.05) is 0 Å². The molecule has 0 amide bonds. The van der Waals surface area contributed by atoms with Crippen molar-refractivity contribution in [1.82, 2.24) is 9.97 Å². The second-order valence-corrected chi connectivity index (χ2v) is 8.48. The first-order valence-electron chi connectivity index (χ1n) is 10.0. The minimum absolute atomic E-state index is 0.187. The Hall–Kier alpha value is -3.53. The fraction of sp³-hybridized carbons (Fsp3) is 0.174. The molecule has 5 rings (SSSR count). The highest BCUT2D eigenvalue weighted by molar-refractivity contribution is 7.23. The zero-order valence-electron chi connectivity index (χ0n) is 16.9. The Morgan fingerprint density at radius 2 is 1.85 bits per heavy atom. The van der Waals surface area contributed by atoms with Gasteiger partial charge in [-0.15, -0.1) is 0 Å². The molecule has 0 aliphatic carbocycles. The van der Waals surface area contributed by atoms with E-state index in [0.717, 1.165) is 17.7 Å². The molecular weight excluding hydrogens is 458 g/mol. The van der Waals surface area contributed by atoms with E-state index in [1.165, 1.54) is 35.7 Å². The quantitative estimate of drug-likeness (QED) is 0.109. The third-order valence-electron chi connectivity index (χ3n) is 5.28. The van der Waals surface area contributed by atoms with E-state index < -0.39 is 23.3 Å². The normalized spacial score (nSPS) is 12.1. The van der Waals surface area contributed by atoms with Gasteiger partial charge < -0.3 is 9.73 Å². The predicted octanol–water partition coefficient (Wildman–Crippen LogP) is 6.15. The van der Waals surface area contributed by atoms with Crippen molar-refractivity contribution >= 4 is 48.4 Å². The van der Waals surface area contributed by atoms with Crippen molar-refractivity contribution in [2.24, 2.45) is 0 Å². The number of aryl methyl sites for hydroxylation is 1. The first kappa shape index (κ1) is 21.3. The summed E-state index contributed by atoms with van der Waals surface area (Å²) in [4.78, 5) is 20.5. The molecule has 0 aliphatic rings. The maximum absolute atomic E-state index is 13.7. The van der Waals surface area contributed by atoms with Crippen LogP contribution in [0.5, 0.6) is 0 Å². The van der Waals surface area contributed by atoms with E-state index in [2.05, 4.69) is 15.3 Å². The van der Waals surface area contributed by atoms with Gasteiger partial charge in [0.2, 0.25) is 5.95 Å². The highest BCUT2D eigenvalue weighted by Gasteiger charge is 2.29. The zero-order valence-corrected chi connectivity index (χ0v) is 17.7. The SMILES string of the molecule is O=c1oc2c3cc(F)ncc3ccc2c2sc(NCCCc3ccc(C(F)(F)F)cc3)nc12. The molecule has 0 radical (unpaired) electrons. The van der Waals surface area contributed by atoms with Crippen molar-refractivity contribution in [1.29, 1.82) is 0 Å². The van der Waals surface area contributed by atoms with Crippen LogP contribution in [0, 0.1) is 5.95 Å². The Balaban J connectivity index is 1.35. The molecule has 0 aliphatic heterocycles. The van der Waals surface area contributed by atoms with Crippen LogP contribution in [-0.2, 0) is 12.6 Å². The van der Waals surface area contributed by atoms with Crippen molar-refractivity contribution in [2.45, 2.75) is 19.0 Å². The molecule has 0 bridgehead atoms. The second-order valence-electron chi connectivity index (χ2n) is 7.48. The molecule has 5 nitrogen and oxygen atoms in total. The van der Waals surface area contributed by atoms with Gasteiger partial charge in [-0.05, 0) is 36.6 Å². The second kappa shape index (κ2) is 8.11. The number of fused-ring (bicyclic) bond motifs is 5. The summed E-state index contributed by atoms with van der Waals surface area (Å²) in [5.74, 6) is -0.669. The van der Waals surface area contributed by atoms with Crippen LogP contribution in [0.15, 0.2) is 57.9 Å². The van der Waals surface area contributed by atoms with Gasteiger partial charge in [-0.25, -0.2) is 14.8 Å². The van der Waals surface area contributed by atoms with Gasteiger partial charge in [-0.1, -0.05) is 29.5 Å². The summed E-state index contributed by atoms with van der Waals surface area (Å²) >= 11 is 1.29. The molecular formula is C23H15F4N3O2S. The number of benzene rings is 2. The summed E-state index contributed by atoms with van der Waals surface area (Å²) in [5, 5.41) is 5.44. The number of halogens is 4. The van der Waals surface area contributed by atoms with Gasteiger partial charge in [0.15, 0.2) is 10.6 Å². The van der Waals surface area contributed by atoms with Crippen molar-refractivity contribution < 1.29 is 22.0 Å². The number of anilines is 1. The van der Waals surface area contributed by atoms with Gasteiger partial charge in [-0.3, -0.25) is 0 Å². The summed E-state index contributed by atoms with van der Waals surface area (Å²) < 4.78 is 57.7. The van der Waals surface area contributed by atoms with E-state index in [9.17, 15) is 22.4 Å². The van der Waals surface area contributed by atoms with Crippen LogP contribution in [0.1, 0.15) is 17.5 Å². The first-order chi connectivity index (χ1) is 15.8. The van der Waals surface area contributed by atoms with E-state index in [4.69, 9.17) is 4.42 Å². The minimum Gasteiger partial charge on any atom is -0.420 e. The van der Waals surface area contributed by atoms with E-state index in [0.29, 0.717) is 45.4 Å². The minimum atomic E-state index is -4.35. The predicted molar refractivity (Wildman–Crippen MR) is 119 cm³/mol. The highest BCUT2D eigenvalue weighted by atomic mass is 32.1. The molecule has 3 heterocycles. The van der Waals surface area contributed by atoms with Gasteiger partial charge in [0.25, 0.3) is 0 Å². The Labute approximate surface area is 187 Å². The summed E-state index contributed by atoms with van der Waals surface area (Å²) in [5.41, 5.74) is -0.0160. The topological polar surface area (TPSA) is 68.0 Å². The largest absolute Gasteiger partial charge is 0.420 e. The standard InChI is InChI=1S/C23H15F4N3O2S/c24-17-10-16-13(11-29-17)5-8-15-19(16)32-21(31)18-20(15)33-22(30-18)28-9-1-2-12-3-6-14(7-4-12)23(25,26)27/h3-8,10-11H,1-2,9H2,(H,28,30). The Morgan fingerprint density at radius 1 is 1.06 bits per heavy atom. The lowest BCUT2D eigenvalue weighted by Gasteiger charge is -2.07. The Kier molecular flexibility index (Phi) is 5.24. The molecule has 0 atom stereocenters. The smallest absolute Gasteiger partial charge is 0.416 e. The summed E-state index contributed by atoms with van der Waals surface area (Å²) in [6.45, 7) is 0.518. The van der Waals surface area contributed by atoms with Crippen LogP contribution >= 0.6 is 11.3 Å². The molecule has 0 spiro atoms. The average molecular weight is 473 g/mol. The fourth-order valence-electron chi connectivity index (χ4n) is 3.66. The van der Waals surface area contributed by atoms with Gasteiger partial charge in [0, 0.05) is 35.0 Å². The van der Waals surface area contributed by atoms with Gasteiger partial charge >= 0.3 is 11.8 Å². The van der Waals surface area contributed by atoms with Crippen molar-refractivity contribution in [3.63, 3.8) is 0 Å². The number of hydrogen-bond donors (Lipinski definition) is 1.